The van der Waals surface area contributed by atoms with Crippen molar-refractivity contribution in [3.63, 3.8) is 0 Å². The summed E-state index contributed by atoms with van der Waals surface area (Å²) in [7, 11) is 1.79. The summed E-state index contributed by atoms with van der Waals surface area (Å²) in [5.41, 5.74) is 1.33. The van der Waals surface area contributed by atoms with E-state index in [1.165, 1.54) is 5.56 Å². The molecule has 2 aliphatic heterocycles. The van der Waals surface area contributed by atoms with Crippen LogP contribution < -0.4 is 5.32 Å². The Morgan fingerprint density at radius 3 is 2.94 bits per heavy atom. The number of hydrogen-bond acceptors (Lipinski definition) is 7. The Labute approximate surface area is 183 Å². The maximum absolute atomic E-state index is 6.09. The van der Waals surface area contributed by atoms with Crippen LogP contribution in [0, 0.1) is 0 Å². The normalized spacial score (nSPS) is 23.1. The molecule has 2 aromatic rings. The number of aromatic nitrogens is 2. The average Bonchev–Trinajstić information content (AvgIpc) is 3.43. The van der Waals surface area contributed by atoms with Crippen LogP contribution in [-0.4, -0.2) is 77.9 Å². The summed E-state index contributed by atoms with van der Waals surface area (Å²) >= 11 is 0. The molecular weight excluding hydrogens is 396 g/mol. The van der Waals surface area contributed by atoms with Crippen molar-refractivity contribution in [1.82, 2.24) is 25.3 Å². The zero-order chi connectivity index (χ0) is 21.6. The van der Waals surface area contributed by atoms with Crippen LogP contribution in [0.4, 0.5) is 0 Å². The fourth-order valence-corrected chi connectivity index (χ4v) is 4.26. The Morgan fingerprint density at radius 1 is 1.32 bits per heavy atom. The minimum atomic E-state index is -0.184. The van der Waals surface area contributed by atoms with E-state index in [2.05, 4.69) is 60.6 Å². The summed E-state index contributed by atoms with van der Waals surface area (Å²) < 4.78 is 17.0. The highest BCUT2D eigenvalue weighted by atomic mass is 16.5. The molecule has 9 heteroatoms. The second-order valence-corrected chi connectivity index (χ2v) is 7.88. The molecule has 0 radical (unpaired) electrons. The molecule has 168 valence electrons. The third kappa shape index (κ3) is 5.23. The first-order chi connectivity index (χ1) is 15.2. The van der Waals surface area contributed by atoms with Gasteiger partial charge in [-0.15, -0.1) is 0 Å². The van der Waals surface area contributed by atoms with Crippen molar-refractivity contribution in [2.24, 2.45) is 4.99 Å². The summed E-state index contributed by atoms with van der Waals surface area (Å²) in [6.07, 6.45) is -0.00525. The monoisotopic (exact) mass is 428 g/mol. The lowest BCUT2D eigenvalue weighted by Crippen LogP contribution is -2.50. The number of guanidine groups is 1. The lowest BCUT2D eigenvalue weighted by Gasteiger charge is -2.36. The molecule has 1 aromatic carbocycles. The van der Waals surface area contributed by atoms with E-state index in [0.29, 0.717) is 30.9 Å². The Morgan fingerprint density at radius 2 is 2.16 bits per heavy atom. The van der Waals surface area contributed by atoms with Gasteiger partial charge >= 0.3 is 0 Å². The number of aliphatic imine (C=N–C) groups is 1. The van der Waals surface area contributed by atoms with Crippen LogP contribution in [0.2, 0.25) is 0 Å². The number of ether oxygens (including phenoxy) is 2. The summed E-state index contributed by atoms with van der Waals surface area (Å²) in [6.45, 7) is 9.21. The van der Waals surface area contributed by atoms with Crippen LogP contribution in [-0.2, 0) is 22.6 Å². The third-order valence-corrected chi connectivity index (χ3v) is 5.82. The topological polar surface area (TPSA) is 88.2 Å². The van der Waals surface area contributed by atoms with Gasteiger partial charge in [0.1, 0.15) is 6.10 Å². The van der Waals surface area contributed by atoms with Crippen molar-refractivity contribution >= 4 is 5.96 Å². The number of rotatable bonds is 7. The van der Waals surface area contributed by atoms with Crippen LogP contribution in [0.3, 0.4) is 0 Å². The molecule has 31 heavy (non-hydrogen) atoms. The molecule has 2 aliphatic rings. The van der Waals surface area contributed by atoms with Gasteiger partial charge in [-0.1, -0.05) is 35.5 Å². The molecule has 9 nitrogen and oxygen atoms in total. The molecule has 1 N–H and O–H groups in total. The van der Waals surface area contributed by atoms with E-state index in [4.69, 9.17) is 14.0 Å². The third-order valence-electron chi connectivity index (χ3n) is 5.82. The molecule has 3 atom stereocenters. The fraction of sp³-hybridized carbons (Fsp3) is 0.591. The number of likely N-dealkylation sites (tertiary alicyclic amines) is 1. The van der Waals surface area contributed by atoms with Gasteiger partial charge in [0, 0.05) is 39.8 Å². The van der Waals surface area contributed by atoms with Gasteiger partial charge in [-0.3, -0.25) is 9.89 Å². The van der Waals surface area contributed by atoms with Crippen molar-refractivity contribution in [3.8, 4) is 0 Å². The quantitative estimate of drug-likeness (QED) is 0.528. The number of benzene rings is 1. The minimum absolute atomic E-state index is 0.179. The average molecular weight is 429 g/mol. The predicted molar refractivity (Wildman–Crippen MR) is 116 cm³/mol. The van der Waals surface area contributed by atoms with Crippen molar-refractivity contribution < 1.29 is 14.0 Å². The highest BCUT2D eigenvalue weighted by molar-refractivity contribution is 5.80. The Kier molecular flexibility index (Phi) is 7.16. The van der Waals surface area contributed by atoms with Gasteiger partial charge in [0.15, 0.2) is 11.8 Å². The second-order valence-electron chi connectivity index (χ2n) is 7.88. The number of fused-ring (bicyclic) bond motifs is 1. The molecule has 1 aromatic heterocycles. The van der Waals surface area contributed by atoms with Crippen molar-refractivity contribution in [2.45, 2.75) is 45.2 Å². The number of nitrogens with zero attached hydrogens (tertiary/aromatic N) is 5. The van der Waals surface area contributed by atoms with E-state index in [1.807, 2.05) is 13.8 Å². The molecule has 3 heterocycles. The number of morpholine rings is 1. The first-order valence-corrected chi connectivity index (χ1v) is 11.0. The highest BCUT2D eigenvalue weighted by Gasteiger charge is 2.41. The molecule has 4 rings (SSSR count). The van der Waals surface area contributed by atoms with Gasteiger partial charge in [-0.2, -0.15) is 4.98 Å². The smallest absolute Gasteiger partial charge is 0.246 e. The molecule has 0 amide bonds. The second kappa shape index (κ2) is 10.2. The molecule has 0 aliphatic carbocycles. The largest absolute Gasteiger partial charge is 0.373 e. The first-order valence-electron chi connectivity index (χ1n) is 11.0. The number of hydrogen-bond donors (Lipinski definition) is 1. The van der Waals surface area contributed by atoms with Crippen LogP contribution in [0.15, 0.2) is 39.8 Å². The standard InChI is InChI=1S/C22H32N6O3/c1-4-29-16(2)21-25-20(31-26-21)12-24-22(23-3)28-14-18-19(15-28)30-11-10-27(18)13-17-8-6-5-7-9-17/h5-9,16,18-19H,4,10-15H2,1-3H3,(H,23,24). The highest BCUT2D eigenvalue weighted by Crippen LogP contribution is 2.24. The van der Waals surface area contributed by atoms with Crippen LogP contribution in [0.1, 0.15) is 37.2 Å². The first kappa shape index (κ1) is 21.7. The molecule has 2 fully saturated rings. The zero-order valence-electron chi connectivity index (χ0n) is 18.5. The maximum atomic E-state index is 6.09. The van der Waals surface area contributed by atoms with Crippen LogP contribution in [0.5, 0.6) is 0 Å². The van der Waals surface area contributed by atoms with Gasteiger partial charge in [0.25, 0.3) is 0 Å². The van der Waals surface area contributed by atoms with Crippen molar-refractivity contribution in [3.05, 3.63) is 47.6 Å². The molecular formula is C22H32N6O3. The Bertz CT molecular complexity index is 858. The Hall–Kier alpha value is -2.49. The lowest BCUT2D eigenvalue weighted by molar-refractivity contribution is -0.0502. The summed E-state index contributed by atoms with van der Waals surface area (Å²) in [4.78, 5) is 13.7. The van der Waals surface area contributed by atoms with Gasteiger partial charge in [-0.25, -0.2) is 0 Å². The molecule has 2 saturated heterocycles. The minimum Gasteiger partial charge on any atom is -0.373 e. The van der Waals surface area contributed by atoms with Gasteiger partial charge in [0.2, 0.25) is 5.89 Å². The zero-order valence-corrected chi connectivity index (χ0v) is 18.5. The molecule has 0 saturated carbocycles. The van der Waals surface area contributed by atoms with E-state index >= 15 is 0 Å². The van der Waals surface area contributed by atoms with Gasteiger partial charge < -0.3 is 24.2 Å². The molecule has 0 spiro atoms. The predicted octanol–water partition coefficient (Wildman–Crippen LogP) is 1.83. The fourth-order valence-electron chi connectivity index (χ4n) is 4.26. The Balaban J connectivity index is 1.34. The van der Waals surface area contributed by atoms with E-state index in [-0.39, 0.29) is 12.2 Å². The van der Waals surface area contributed by atoms with Gasteiger partial charge in [-0.05, 0) is 19.4 Å². The van der Waals surface area contributed by atoms with E-state index < -0.39 is 0 Å². The van der Waals surface area contributed by atoms with Gasteiger partial charge in [0.05, 0.1) is 25.3 Å². The van der Waals surface area contributed by atoms with Crippen LogP contribution in [0.25, 0.3) is 0 Å². The molecule has 3 unspecified atom stereocenters. The summed E-state index contributed by atoms with van der Waals surface area (Å²) in [5, 5.41) is 7.36. The summed E-state index contributed by atoms with van der Waals surface area (Å²) in [6, 6.07) is 11.0. The number of nitrogens with one attached hydrogen (secondary N) is 1. The summed E-state index contributed by atoms with van der Waals surface area (Å²) in [5.74, 6) is 1.89. The van der Waals surface area contributed by atoms with E-state index in [0.717, 1.165) is 38.7 Å². The molecule has 0 bridgehead atoms. The van der Waals surface area contributed by atoms with Crippen molar-refractivity contribution in [2.75, 3.05) is 39.9 Å². The maximum Gasteiger partial charge on any atom is 0.246 e. The van der Waals surface area contributed by atoms with Crippen molar-refractivity contribution in [1.29, 1.82) is 0 Å². The van der Waals surface area contributed by atoms with Crippen LogP contribution >= 0.6 is 0 Å². The lowest BCUT2D eigenvalue weighted by atomic mass is 10.1. The SMILES string of the molecule is CCOC(C)c1noc(CNC(=NC)N2CC3OCCN(Cc4ccccc4)C3C2)n1. The van der Waals surface area contributed by atoms with E-state index in [1.54, 1.807) is 7.05 Å². The van der Waals surface area contributed by atoms with E-state index in [9.17, 15) is 0 Å².